The maximum absolute atomic E-state index is 12.7. The van der Waals surface area contributed by atoms with Crippen LogP contribution in [0, 0.1) is 0 Å². The maximum Gasteiger partial charge on any atom is 0.471 e. The normalized spacial score (nSPS) is 32.8. The zero-order chi connectivity index (χ0) is 28.7. The van der Waals surface area contributed by atoms with Crippen LogP contribution in [0.1, 0.15) is 26.7 Å². The Morgan fingerprint density at radius 3 is 1.39 bits per heavy atom. The van der Waals surface area contributed by atoms with Gasteiger partial charge in [0, 0.05) is 27.1 Å². The van der Waals surface area contributed by atoms with Crippen LogP contribution in [0.2, 0.25) is 0 Å². The van der Waals surface area contributed by atoms with Crippen LogP contribution in [0.25, 0.3) is 0 Å². The summed E-state index contributed by atoms with van der Waals surface area (Å²) in [6.07, 6.45) is -12.3. The molecule has 2 rings (SSSR count). The van der Waals surface area contributed by atoms with Crippen molar-refractivity contribution in [2.45, 2.75) is 88.1 Å². The predicted octanol–water partition coefficient (Wildman–Crippen LogP) is 1.97. The van der Waals surface area contributed by atoms with Gasteiger partial charge in [-0.3, -0.25) is 9.59 Å². The summed E-state index contributed by atoms with van der Waals surface area (Å²) >= 11 is 0. The van der Waals surface area contributed by atoms with Crippen LogP contribution in [0.5, 0.6) is 0 Å². The standard InChI is InChI=1S/C22H32F6N2O8/c1-11-17(13(9-15(33-3)37-11)29-19(31)21(23,24)25)35-7-5-6-8-36-18-12(2)38-16(34-4)10-14(18)30-20(32)22(26,27)28/h5-6,11-18H,7-10H2,1-4H3,(H,29,31)(H,30,32)/b6-5-/t11-,12-,13-,14-,15-,16-,17+,18+/m0/s1. The first-order valence-electron chi connectivity index (χ1n) is 11.7. The van der Waals surface area contributed by atoms with Crippen molar-refractivity contribution in [2.75, 3.05) is 27.4 Å². The molecule has 38 heavy (non-hydrogen) atoms. The monoisotopic (exact) mass is 566 g/mol. The molecule has 0 aromatic heterocycles. The zero-order valence-corrected chi connectivity index (χ0v) is 21.1. The summed E-state index contributed by atoms with van der Waals surface area (Å²) in [6.45, 7) is 2.91. The highest BCUT2D eigenvalue weighted by molar-refractivity contribution is 5.82. The molecule has 16 heteroatoms. The summed E-state index contributed by atoms with van der Waals surface area (Å²) in [5, 5.41) is 3.81. The van der Waals surface area contributed by atoms with Crippen LogP contribution < -0.4 is 10.6 Å². The van der Waals surface area contributed by atoms with Gasteiger partial charge in [-0.05, 0) is 13.8 Å². The van der Waals surface area contributed by atoms with E-state index in [-0.39, 0.29) is 26.1 Å². The molecule has 2 heterocycles. The number of halogens is 6. The lowest BCUT2D eigenvalue weighted by atomic mass is 9.99. The summed E-state index contributed by atoms with van der Waals surface area (Å²) in [4.78, 5) is 22.9. The van der Waals surface area contributed by atoms with Crippen LogP contribution in [-0.2, 0) is 38.0 Å². The van der Waals surface area contributed by atoms with Gasteiger partial charge < -0.3 is 39.1 Å². The van der Waals surface area contributed by atoms with Gasteiger partial charge in [-0.25, -0.2) is 0 Å². The first-order valence-corrected chi connectivity index (χ1v) is 11.7. The van der Waals surface area contributed by atoms with Crippen LogP contribution in [0.3, 0.4) is 0 Å². The fraction of sp³-hybridized carbons (Fsp3) is 0.818. The maximum atomic E-state index is 12.7. The summed E-state index contributed by atoms with van der Waals surface area (Å²) in [5.74, 6) is -4.23. The van der Waals surface area contributed by atoms with Crippen molar-refractivity contribution < 1.29 is 64.4 Å². The second kappa shape index (κ2) is 13.9. The molecular weight excluding hydrogens is 534 g/mol. The topological polar surface area (TPSA) is 114 Å². The number of rotatable bonds is 10. The summed E-state index contributed by atoms with van der Waals surface area (Å²) < 4.78 is 109. The van der Waals surface area contributed by atoms with E-state index in [1.165, 1.54) is 26.4 Å². The van der Waals surface area contributed by atoms with Crippen molar-refractivity contribution in [3.8, 4) is 0 Å². The van der Waals surface area contributed by atoms with Gasteiger partial charge in [-0.15, -0.1) is 0 Å². The highest BCUT2D eigenvalue weighted by Gasteiger charge is 2.46. The van der Waals surface area contributed by atoms with Crippen molar-refractivity contribution in [2.24, 2.45) is 0 Å². The van der Waals surface area contributed by atoms with Crippen LogP contribution >= 0.6 is 0 Å². The number of carbonyl (C=O) groups excluding carboxylic acids is 2. The number of ether oxygens (including phenoxy) is 6. The summed E-state index contributed by atoms with van der Waals surface area (Å²) in [7, 11) is 2.63. The van der Waals surface area contributed by atoms with Gasteiger partial charge >= 0.3 is 24.2 Å². The van der Waals surface area contributed by atoms with Crippen molar-refractivity contribution >= 4 is 11.8 Å². The van der Waals surface area contributed by atoms with Crippen LogP contribution in [-0.4, -0.2) is 101 Å². The third-order valence-electron chi connectivity index (χ3n) is 5.95. The number of hydrogen-bond acceptors (Lipinski definition) is 8. The van der Waals surface area contributed by atoms with Gasteiger partial charge in [-0.1, -0.05) is 12.2 Å². The molecule has 0 radical (unpaired) electrons. The van der Waals surface area contributed by atoms with E-state index in [0.717, 1.165) is 0 Å². The molecule has 0 bridgehead atoms. The number of hydrogen-bond donors (Lipinski definition) is 2. The van der Waals surface area contributed by atoms with Crippen LogP contribution in [0.15, 0.2) is 12.2 Å². The van der Waals surface area contributed by atoms with Gasteiger partial charge in [0.1, 0.15) is 12.2 Å². The predicted molar refractivity (Wildman–Crippen MR) is 117 cm³/mol. The molecule has 2 saturated heterocycles. The second-order valence-electron chi connectivity index (χ2n) is 8.71. The molecule has 0 unspecified atom stereocenters. The molecule has 8 atom stereocenters. The Balaban J connectivity index is 1.93. The molecule has 0 aromatic rings. The Labute approximate surface area is 215 Å². The third kappa shape index (κ3) is 9.34. The molecule has 220 valence electrons. The molecule has 10 nitrogen and oxygen atoms in total. The minimum absolute atomic E-state index is 0.0762. The molecule has 0 spiro atoms. The van der Waals surface area contributed by atoms with Gasteiger partial charge in [0.15, 0.2) is 12.6 Å². The minimum atomic E-state index is -5.08. The fourth-order valence-electron chi connectivity index (χ4n) is 4.14. The van der Waals surface area contributed by atoms with E-state index in [1.807, 2.05) is 10.6 Å². The first kappa shape index (κ1) is 32.2. The van der Waals surface area contributed by atoms with Crippen molar-refractivity contribution in [3.63, 3.8) is 0 Å². The molecule has 2 aliphatic rings. The van der Waals surface area contributed by atoms with Gasteiger partial charge in [0.05, 0.1) is 37.5 Å². The number of alkyl halides is 6. The fourth-order valence-corrected chi connectivity index (χ4v) is 4.14. The van der Waals surface area contributed by atoms with Crippen LogP contribution in [0.4, 0.5) is 26.3 Å². The zero-order valence-electron chi connectivity index (χ0n) is 21.1. The van der Waals surface area contributed by atoms with E-state index in [9.17, 15) is 35.9 Å². The van der Waals surface area contributed by atoms with E-state index < -0.39 is 73.2 Å². The molecule has 0 aliphatic carbocycles. The molecule has 0 saturated carbocycles. The van der Waals surface area contributed by atoms with Crippen molar-refractivity contribution in [1.29, 1.82) is 0 Å². The van der Waals surface area contributed by atoms with E-state index in [2.05, 4.69) is 0 Å². The highest BCUT2D eigenvalue weighted by Crippen LogP contribution is 2.26. The largest absolute Gasteiger partial charge is 0.471 e. The summed E-state index contributed by atoms with van der Waals surface area (Å²) in [6, 6.07) is -2.09. The number of carbonyl (C=O) groups is 2. The van der Waals surface area contributed by atoms with E-state index >= 15 is 0 Å². The number of nitrogens with one attached hydrogen (secondary N) is 2. The molecule has 2 N–H and O–H groups in total. The Bertz CT molecular complexity index is 748. The SMILES string of the molecule is CO[C@@H]1C[C@H](NC(=O)C(F)(F)F)[C@H](OC/C=C\CO[C@H]2[C@@H](NC(=O)C(F)(F)F)C[C@@H](OC)O[C@H]2C)[C@H](C)O1. The quantitative estimate of drug-likeness (QED) is 0.305. The average Bonchev–Trinajstić information content (AvgIpc) is 2.82. The average molecular weight is 566 g/mol. The highest BCUT2D eigenvalue weighted by atomic mass is 19.4. The number of amides is 2. The molecule has 2 aliphatic heterocycles. The Kier molecular flexibility index (Phi) is 11.8. The van der Waals surface area contributed by atoms with Crippen molar-refractivity contribution in [1.82, 2.24) is 10.6 Å². The van der Waals surface area contributed by atoms with Gasteiger partial charge in [-0.2, -0.15) is 26.3 Å². The molecule has 0 aromatic carbocycles. The number of methoxy groups -OCH3 is 2. The smallest absolute Gasteiger partial charge is 0.369 e. The first-order chi connectivity index (χ1) is 17.7. The van der Waals surface area contributed by atoms with Crippen molar-refractivity contribution in [3.05, 3.63) is 12.2 Å². The Morgan fingerprint density at radius 2 is 1.11 bits per heavy atom. The van der Waals surface area contributed by atoms with E-state index in [1.54, 1.807) is 13.8 Å². The second-order valence-corrected chi connectivity index (χ2v) is 8.71. The lowest BCUT2D eigenvalue weighted by molar-refractivity contribution is -0.226. The molecule has 2 fully saturated rings. The van der Waals surface area contributed by atoms with E-state index in [4.69, 9.17) is 28.4 Å². The lowest BCUT2D eigenvalue weighted by Gasteiger charge is -2.40. The third-order valence-corrected chi connectivity index (χ3v) is 5.95. The van der Waals surface area contributed by atoms with E-state index in [0.29, 0.717) is 0 Å². The lowest BCUT2D eigenvalue weighted by Crippen LogP contribution is -2.58. The summed E-state index contributed by atoms with van der Waals surface area (Å²) in [5.41, 5.74) is 0. The molecule has 2 amide bonds. The Hall–Kier alpha value is -1.98. The minimum Gasteiger partial charge on any atom is -0.369 e. The van der Waals surface area contributed by atoms with Gasteiger partial charge in [0.25, 0.3) is 0 Å². The Morgan fingerprint density at radius 1 is 0.763 bits per heavy atom. The van der Waals surface area contributed by atoms with Gasteiger partial charge in [0.2, 0.25) is 0 Å². The molecular formula is C22H32F6N2O8.